The second kappa shape index (κ2) is 5.41. The maximum Gasteiger partial charge on any atom is 0.327 e. The summed E-state index contributed by atoms with van der Waals surface area (Å²) in [6, 6.07) is 1.20. The number of nitrogens with zero attached hydrogens (tertiary/aromatic N) is 1. The van der Waals surface area contributed by atoms with Gasteiger partial charge in [-0.2, -0.15) is 4.39 Å². The van der Waals surface area contributed by atoms with Crippen LogP contribution in [0.5, 0.6) is 0 Å². The molecule has 20 heavy (non-hydrogen) atoms. The van der Waals surface area contributed by atoms with Crippen molar-refractivity contribution in [3.63, 3.8) is 0 Å². The van der Waals surface area contributed by atoms with Crippen LogP contribution in [0.3, 0.4) is 0 Å². The Labute approximate surface area is 117 Å². The highest BCUT2D eigenvalue weighted by molar-refractivity contribution is 6.32. The Kier molecular flexibility index (Phi) is 4.29. The quantitative estimate of drug-likeness (QED) is 0.394. The number of hydrogen-bond acceptors (Lipinski definition) is 5. The van der Waals surface area contributed by atoms with Gasteiger partial charge in [-0.3, -0.25) is 19.7 Å². The molecule has 1 aromatic carbocycles. The normalized spacial score (nSPS) is 13.4. The molecular weight excluding hydrogens is 297 g/mol. The lowest BCUT2D eigenvalue weighted by atomic mass is 9.82. The van der Waals surface area contributed by atoms with Gasteiger partial charge in [0.2, 0.25) is 5.82 Å². The molecule has 0 radical (unpaired) electrons. The molecule has 1 N–H and O–H groups in total. The second-order valence-corrected chi connectivity index (χ2v) is 4.37. The van der Waals surface area contributed by atoms with Gasteiger partial charge < -0.3 is 9.84 Å². The number of benzene rings is 1. The molecule has 0 heterocycles. The molecule has 0 amide bonds. The fraction of sp³-hybridized carbons (Fsp3) is 0.273. The average molecular weight is 306 g/mol. The van der Waals surface area contributed by atoms with Crippen LogP contribution >= 0.6 is 11.6 Å². The number of aliphatic carboxylic acids is 1. The Morgan fingerprint density at radius 1 is 1.50 bits per heavy atom. The van der Waals surface area contributed by atoms with Crippen molar-refractivity contribution in [2.24, 2.45) is 0 Å². The van der Waals surface area contributed by atoms with Gasteiger partial charge in [-0.1, -0.05) is 11.6 Å². The topological polar surface area (TPSA) is 107 Å². The van der Waals surface area contributed by atoms with Gasteiger partial charge >= 0.3 is 17.6 Å². The third-order valence-corrected chi connectivity index (χ3v) is 3.11. The number of ether oxygens (including phenoxy) is 1. The van der Waals surface area contributed by atoms with Crippen LogP contribution in [0.1, 0.15) is 12.5 Å². The smallest absolute Gasteiger partial charge is 0.327 e. The molecule has 0 aromatic heterocycles. The molecular formula is C11H9ClFNO6. The van der Waals surface area contributed by atoms with E-state index < -0.39 is 44.4 Å². The number of carbonyl (C=O) groups is 2. The number of rotatable bonds is 4. The molecule has 0 aliphatic heterocycles. The van der Waals surface area contributed by atoms with E-state index in [-0.39, 0.29) is 0 Å². The number of carbonyl (C=O) groups excluding carboxylic acids is 1. The highest BCUT2D eigenvalue weighted by Gasteiger charge is 2.46. The number of methoxy groups -OCH3 is 1. The Hall–Kier alpha value is -2.22. The lowest BCUT2D eigenvalue weighted by molar-refractivity contribution is -0.387. The van der Waals surface area contributed by atoms with Crippen molar-refractivity contribution < 1.29 is 28.7 Å². The van der Waals surface area contributed by atoms with Crippen molar-refractivity contribution in [1.82, 2.24) is 0 Å². The number of nitro groups is 1. The Morgan fingerprint density at radius 3 is 2.45 bits per heavy atom. The minimum absolute atomic E-state index is 0.423. The molecule has 108 valence electrons. The summed E-state index contributed by atoms with van der Waals surface area (Å²) in [5.74, 6) is -4.11. The van der Waals surface area contributed by atoms with E-state index in [0.717, 1.165) is 14.0 Å². The number of carboxylic acid groups (broad SMARTS) is 1. The van der Waals surface area contributed by atoms with Crippen LogP contribution in [-0.2, 0) is 19.7 Å². The number of carboxylic acids is 1. The van der Waals surface area contributed by atoms with Crippen LogP contribution in [0, 0.1) is 15.9 Å². The van der Waals surface area contributed by atoms with Gasteiger partial charge in [0.25, 0.3) is 0 Å². The van der Waals surface area contributed by atoms with Crippen LogP contribution in [0.15, 0.2) is 12.1 Å². The van der Waals surface area contributed by atoms with E-state index in [1.54, 1.807) is 0 Å². The Morgan fingerprint density at radius 2 is 2.05 bits per heavy atom. The highest BCUT2D eigenvalue weighted by Crippen LogP contribution is 2.35. The first kappa shape index (κ1) is 15.8. The van der Waals surface area contributed by atoms with E-state index in [2.05, 4.69) is 4.74 Å². The molecule has 0 saturated carbocycles. The fourth-order valence-electron chi connectivity index (χ4n) is 1.58. The molecule has 1 atom stereocenters. The predicted octanol–water partition coefficient (Wildman–Crippen LogP) is 1.90. The second-order valence-electron chi connectivity index (χ2n) is 3.96. The van der Waals surface area contributed by atoms with Gasteiger partial charge in [0, 0.05) is 11.6 Å². The van der Waals surface area contributed by atoms with Crippen LogP contribution in [0.25, 0.3) is 0 Å². The van der Waals surface area contributed by atoms with Gasteiger partial charge in [-0.05, 0) is 13.0 Å². The monoisotopic (exact) mass is 305 g/mol. The Balaban J connectivity index is 3.59. The molecule has 0 saturated heterocycles. The molecule has 0 bridgehead atoms. The molecule has 0 aliphatic carbocycles. The maximum atomic E-state index is 13.6. The number of nitro benzene ring substituents is 1. The zero-order chi connectivity index (χ0) is 15.7. The summed E-state index contributed by atoms with van der Waals surface area (Å²) in [5.41, 5.74) is -3.63. The predicted molar refractivity (Wildman–Crippen MR) is 65.1 cm³/mol. The lowest BCUT2D eigenvalue weighted by Crippen LogP contribution is -2.42. The molecule has 0 fully saturated rings. The maximum absolute atomic E-state index is 13.6. The van der Waals surface area contributed by atoms with E-state index in [1.807, 2.05) is 0 Å². The summed E-state index contributed by atoms with van der Waals surface area (Å²) < 4.78 is 18.0. The first-order valence-electron chi connectivity index (χ1n) is 5.12. The minimum atomic E-state index is -2.28. The molecule has 0 aliphatic rings. The fourth-order valence-corrected chi connectivity index (χ4v) is 1.92. The van der Waals surface area contributed by atoms with Gasteiger partial charge in [0.1, 0.15) is 0 Å². The minimum Gasteiger partial charge on any atom is -0.480 e. The zero-order valence-corrected chi connectivity index (χ0v) is 11.1. The van der Waals surface area contributed by atoms with E-state index in [1.165, 1.54) is 0 Å². The Bertz CT molecular complexity index is 605. The van der Waals surface area contributed by atoms with Crippen molar-refractivity contribution in [1.29, 1.82) is 0 Å². The number of esters is 1. The van der Waals surface area contributed by atoms with Gasteiger partial charge in [-0.15, -0.1) is 0 Å². The van der Waals surface area contributed by atoms with Gasteiger partial charge in [0.05, 0.1) is 17.1 Å². The first-order valence-corrected chi connectivity index (χ1v) is 5.49. The third kappa shape index (κ3) is 2.42. The average Bonchev–Trinajstić information content (AvgIpc) is 2.38. The van der Waals surface area contributed by atoms with E-state index in [0.29, 0.717) is 12.1 Å². The SMILES string of the molecule is COC(=O)C(C)(C(=O)O)c1cc(F)c([N+](=O)[O-])cc1Cl. The van der Waals surface area contributed by atoms with Crippen LogP contribution in [0.4, 0.5) is 10.1 Å². The first-order chi connectivity index (χ1) is 9.16. The molecule has 1 unspecified atom stereocenters. The highest BCUT2D eigenvalue weighted by atomic mass is 35.5. The van der Waals surface area contributed by atoms with Crippen molar-refractivity contribution >= 4 is 29.2 Å². The summed E-state index contributed by atoms with van der Waals surface area (Å²) in [7, 11) is 0.958. The summed E-state index contributed by atoms with van der Waals surface area (Å²) in [6.45, 7) is 0.966. The van der Waals surface area contributed by atoms with E-state index >= 15 is 0 Å². The standard InChI is InChI=1S/C11H9ClFNO6/c1-11(9(15)16,10(17)20-2)5-3-7(13)8(14(18)19)4-6(5)12/h3-4H,1-2H3,(H,15,16). The molecule has 1 rings (SSSR count). The third-order valence-electron chi connectivity index (χ3n) is 2.79. The number of halogens is 2. The van der Waals surface area contributed by atoms with Crippen LogP contribution in [0.2, 0.25) is 5.02 Å². The van der Waals surface area contributed by atoms with Crippen molar-refractivity contribution in [2.75, 3.05) is 7.11 Å². The van der Waals surface area contributed by atoms with E-state index in [9.17, 15) is 24.1 Å². The summed E-state index contributed by atoms with van der Waals surface area (Å²) in [6.07, 6.45) is 0. The largest absolute Gasteiger partial charge is 0.480 e. The molecule has 7 nitrogen and oxygen atoms in total. The van der Waals surface area contributed by atoms with Crippen LogP contribution in [-0.4, -0.2) is 29.1 Å². The summed E-state index contributed by atoms with van der Waals surface area (Å²) >= 11 is 5.73. The van der Waals surface area contributed by atoms with Crippen molar-refractivity contribution in [3.8, 4) is 0 Å². The van der Waals surface area contributed by atoms with Crippen LogP contribution < -0.4 is 0 Å². The summed E-state index contributed by atoms with van der Waals surface area (Å²) in [4.78, 5) is 32.5. The van der Waals surface area contributed by atoms with Gasteiger partial charge in [-0.25, -0.2) is 0 Å². The number of hydrogen-bond donors (Lipinski definition) is 1. The molecule has 9 heteroatoms. The van der Waals surface area contributed by atoms with Crippen molar-refractivity contribution in [3.05, 3.63) is 38.7 Å². The van der Waals surface area contributed by atoms with Crippen molar-refractivity contribution in [2.45, 2.75) is 12.3 Å². The molecule has 1 aromatic rings. The van der Waals surface area contributed by atoms with Gasteiger partial charge in [0.15, 0.2) is 5.41 Å². The zero-order valence-electron chi connectivity index (χ0n) is 10.3. The van der Waals surface area contributed by atoms with E-state index in [4.69, 9.17) is 16.7 Å². The molecule has 0 spiro atoms. The summed E-state index contributed by atoms with van der Waals surface area (Å²) in [5, 5.41) is 19.3. The lowest BCUT2D eigenvalue weighted by Gasteiger charge is -2.23.